The lowest BCUT2D eigenvalue weighted by atomic mass is 9.99. The summed E-state index contributed by atoms with van der Waals surface area (Å²) in [6.07, 6.45) is 7.43. The Balaban J connectivity index is 2.74. The van der Waals surface area contributed by atoms with E-state index in [4.69, 9.17) is 0 Å². The maximum absolute atomic E-state index is 4.14. The predicted octanol–water partition coefficient (Wildman–Crippen LogP) is 3.23. The van der Waals surface area contributed by atoms with Crippen molar-refractivity contribution in [1.82, 2.24) is 10.3 Å². The molecule has 0 saturated heterocycles. The van der Waals surface area contributed by atoms with Crippen molar-refractivity contribution in [3.05, 3.63) is 29.6 Å². The largest absolute Gasteiger partial charge is 0.310 e. The van der Waals surface area contributed by atoms with Gasteiger partial charge in [-0.3, -0.25) is 4.98 Å². The van der Waals surface area contributed by atoms with Crippen LogP contribution < -0.4 is 5.32 Å². The van der Waals surface area contributed by atoms with Crippen molar-refractivity contribution in [2.24, 2.45) is 0 Å². The molecule has 15 heavy (non-hydrogen) atoms. The van der Waals surface area contributed by atoms with Crippen molar-refractivity contribution in [1.29, 1.82) is 0 Å². The van der Waals surface area contributed by atoms with Gasteiger partial charge in [0.2, 0.25) is 0 Å². The number of hydrogen-bond donors (Lipinski definition) is 1. The van der Waals surface area contributed by atoms with Crippen LogP contribution in [0, 0.1) is 6.92 Å². The van der Waals surface area contributed by atoms with Crippen molar-refractivity contribution in [3.63, 3.8) is 0 Å². The Morgan fingerprint density at radius 1 is 1.33 bits per heavy atom. The summed E-state index contributed by atoms with van der Waals surface area (Å²) in [5, 5.41) is 3.60. The zero-order valence-electron chi connectivity index (χ0n) is 10.1. The zero-order valence-corrected chi connectivity index (χ0v) is 10.1. The fraction of sp³-hybridized carbons (Fsp3) is 0.615. The van der Waals surface area contributed by atoms with Crippen LogP contribution in [0.2, 0.25) is 0 Å². The van der Waals surface area contributed by atoms with E-state index in [0.29, 0.717) is 6.04 Å². The summed E-state index contributed by atoms with van der Waals surface area (Å²) in [4.78, 5) is 4.14. The van der Waals surface area contributed by atoms with Gasteiger partial charge in [0, 0.05) is 18.4 Å². The Morgan fingerprint density at radius 2 is 2.13 bits per heavy atom. The van der Waals surface area contributed by atoms with E-state index >= 15 is 0 Å². The fourth-order valence-electron chi connectivity index (χ4n) is 1.85. The van der Waals surface area contributed by atoms with E-state index in [-0.39, 0.29) is 0 Å². The molecule has 2 heteroatoms. The minimum Gasteiger partial charge on any atom is -0.310 e. The summed E-state index contributed by atoms with van der Waals surface area (Å²) >= 11 is 0. The normalized spacial score (nSPS) is 12.7. The van der Waals surface area contributed by atoms with Crippen LogP contribution >= 0.6 is 0 Å². The molecule has 0 fully saturated rings. The third-order valence-corrected chi connectivity index (χ3v) is 2.66. The average molecular weight is 206 g/mol. The smallest absolute Gasteiger partial charge is 0.0323 e. The summed E-state index contributed by atoms with van der Waals surface area (Å²) < 4.78 is 0. The summed E-state index contributed by atoms with van der Waals surface area (Å²) in [6, 6.07) is 2.64. The second-order valence-corrected chi connectivity index (χ2v) is 4.03. The molecule has 0 aliphatic heterocycles. The van der Waals surface area contributed by atoms with Gasteiger partial charge in [-0.05, 0) is 43.5 Å². The predicted molar refractivity (Wildman–Crippen MR) is 64.9 cm³/mol. The second kappa shape index (κ2) is 6.57. The Hall–Kier alpha value is -0.890. The summed E-state index contributed by atoms with van der Waals surface area (Å²) in [7, 11) is 0. The van der Waals surface area contributed by atoms with Gasteiger partial charge in [0.05, 0.1) is 0 Å². The van der Waals surface area contributed by atoms with Gasteiger partial charge in [0.15, 0.2) is 0 Å². The van der Waals surface area contributed by atoms with Crippen molar-refractivity contribution in [2.75, 3.05) is 6.54 Å². The highest BCUT2D eigenvalue weighted by molar-refractivity contribution is 5.25. The molecule has 2 nitrogen and oxygen atoms in total. The lowest BCUT2D eigenvalue weighted by Crippen LogP contribution is -2.22. The van der Waals surface area contributed by atoms with E-state index in [9.17, 15) is 0 Å². The molecule has 0 saturated carbocycles. The van der Waals surface area contributed by atoms with Gasteiger partial charge in [0.25, 0.3) is 0 Å². The highest BCUT2D eigenvalue weighted by atomic mass is 14.9. The molecule has 0 radical (unpaired) electrons. The van der Waals surface area contributed by atoms with Gasteiger partial charge in [-0.2, -0.15) is 0 Å². The third kappa shape index (κ3) is 3.63. The molecule has 1 aromatic heterocycles. The van der Waals surface area contributed by atoms with Gasteiger partial charge < -0.3 is 5.32 Å². The maximum atomic E-state index is 4.14. The summed E-state index contributed by atoms with van der Waals surface area (Å²) in [5.74, 6) is 0. The zero-order chi connectivity index (χ0) is 11.1. The fourth-order valence-corrected chi connectivity index (χ4v) is 1.85. The van der Waals surface area contributed by atoms with E-state index in [2.05, 4.69) is 37.1 Å². The summed E-state index contributed by atoms with van der Waals surface area (Å²) in [6.45, 7) is 7.66. The molecule has 0 aromatic carbocycles. The molecule has 0 spiro atoms. The van der Waals surface area contributed by atoms with Gasteiger partial charge in [-0.1, -0.05) is 20.3 Å². The molecule has 0 aliphatic rings. The molecule has 1 heterocycles. The standard InChI is InChI=1S/C13H22N2/c1-4-6-13(15-8-5-2)12-7-9-14-10-11(12)3/h7,9-10,13,15H,4-6,8H2,1-3H3. The first kappa shape index (κ1) is 12.2. The van der Waals surface area contributed by atoms with Crippen LogP contribution in [0.4, 0.5) is 0 Å². The Labute approximate surface area is 93.1 Å². The Kier molecular flexibility index (Phi) is 5.33. The van der Waals surface area contributed by atoms with Crippen LogP contribution in [0.1, 0.15) is 50.3 Å². The molecule has 1 aromatic rings. The molecular weight excluding hydrogens is 184 g/mol. The van der Waals surface area contributed by atoms with E-state index in [1.165, 1.54) is 30.4 Å². The number of pyridine rings is 1. The Morgan fingerprint density at radius 3 is 2.73 bits per heavy atom. The first-order valence-corrected chi connectivity index (χ1v) is 5.93. The van der Waals surface area contributed by atoms with Gasteiger partial charge in [-0.15, -0.1) is 0 Å². The van der Waals surface area contributed by atoms with Crippen molar-refractivity contribution < 1.29 is 0 Å². The highest BCUT2D eigenvalue weighted by Crippen LogP contribution is 2.20. The summed E-state index contributed by atoms with van der Waals surface area (Å²) in [5.41, 5.74) is 2.69. The minimum absolute atomic E-state index is 0.498. The van der Waals surface area contributed by atoms with Crippen LogP contribution in [-0.2, 0) is 0 Å². The number of aryl methyl sites for hydroxylation is 1. The van der Waals surface area contributed by atoms with Crippen LogP contribution in [0.3, 0.4) is 0 Å². The van der Waals surface area contributed by atoms with Crippen molar-refractivity contribution in [3.8, 4) is 0 Å². The minimum atomic E-state index is 0.498. The van der Waals surface area contributed by atoms with Gasteiger partial charge >= 0.3 is 0 Å². The van der Waals surface area contributed by atoms with Gasteiger partial charge in [-0.25, -0.2) is 0 Å². The molecule has 0 aliphatic carbocycles. The first-order chi connectivity index (χ1) is 7.29. The topological polar surface area (TPSA) is 24.9 Å². The van der Waals surface area contributed by atoms with E-state index in [1.807, 2.05) is 12.4 Å². The van der Waals surface area contributed by atoms with Crippen LogP contribution in [0.5, 0.6) is 0 Å². The quantitative estimate of drug-likeness (QED) is 0.773. The van der Waals surface area contributed by atoms with E-state index < -0.39 is 0 Å². The molecule has 1 rings (SSSR count). The van der Waals surface area contributed by atoms with E-state index in [1.54, 1.807) is 0 Å². The van der Waals surface area contributed by atoms with Crippen molar-refractivity contribution in [2.45, 2.75) is 46.1 Å². The number of hydrogen-bond acceptors (Lipinski definition) is 2. The molecule has 84 valence electrons. The van der Waals surface area contributed by atoms with Crippen molar-refractivity contribution >= 4 is 0 Å². The maximum Gasteiger partial charge on any atom is 0.0323 e. The molecule has 0 bridgehead atoms. The highest BCUT2D eigenvalue weighted by Gasteiger charge is 2.11. The van der Waals surface area contributed by atoms with Crippen LogP contribution in [-0.4, -0.2) is 11.5 Å². The third-order valence-electron chi connectivity index (χ3n) is 2.66. The number of nitrogens with zero attached hydrogens (tertiary/aromatic N) is 1. The average Bonchev–Trinajstić information content (AvgIpc) is 2.25. The lowest BCUT2D eigenvalue weighted by molar-refractivity contribution is 0.491. The first-order valence-electron chi connectivity index (χ1n) is 5.93. The molecule has 0 amide bonds. The molecular formula is C13H22N2. The van der Waals surface area contributed by atoms with Gasteiger partial charge in [0.1, 0.15) is 0 Å². The lowest BCUT2D eigenvalue weighted by Gasteiger charge is -2.19. The Bertz CT molecular complexity index is 284. The second-order valence-electron chi connectivity index (χ2n) is 4.03. The molecule has 1 N–H and O–H groups in total. The monoisotopic (exact) mass is 206 g/mol. The number of nitrogens with one attached hydrogen (secondary N) is 1. The number of aromatic nitrogens is 1. The van der Waals surface area contributed by atoms with Crippen LogP contribution in [0.15, 0.2) is 18.5 Å². The van der Waals surface area contributed by atoms with E-state index in [0.717, 1.165) is 6.54 Å². The molecule has 1 unspecified atom stereocenters. The van der Waals surface area contributed by atoms with Crippen LogP contribution in [0.25, 0.3) is 0 Å². The molecule has 1 atom stereocenters. The SMILES string of the molecule is CCCNC(CCC)c1ccncc1C. The number of rotatable bonds is 6.